The molecule has 1 saturated carbocycles. The predicted octanol–water partition coefficient (Wildman–Crippen LogP) is 1.36. The van der Waals surface area contributed by atoms with Crippen LogP contribution >= 0.6 is 0 Å². The quantitative estimate of drug-likeness (QED) is 0.587. The first-order chi connectivity index (χ1) is 5.81. The van der Waals surface area contributed by atoms with Gasteiger partial charge in [0.2, 0.25) is 0 Å². The first-order valence-electron chi connectivity index (χ1n) is 5.02. The van der Waals surface area contributed by atoms with Crippen LogP contribution in [0.5, 0.6) is 0 Å². The van der Waals surface area contributed by atoms with Crippen molar-refractivity contribution < 1.29 is 4.74 Å². The van der Waals surface area contributed by atoms with Gasteiger partial charge in [0.1, 0.15) is 0 Å². The Balaban J connectivity index is 2.02. The maximum absolute atomic E-state index is 5.53. The van der Waals surface area contributed by atoms with E-state index >= 15 is 0 Å². The van der Waals surface area contributed by atoms with Gasteiger partial charge in [-0.1, -0.05) is 6.42 Å². The second-order valence-corrected chi connectivity index (χ2v) is 4.35. The highest BCUT2D eigenvalue weighted by Gasteiger charge is 2.38. The number of rotatable bonds is 1. The van der Waals surface area contributed by atoms with Crippen molar-refractivity contribution >= 4 is 0 Å². The van der Waals surface area contributed by atoms with Crippen molar-refractivity contribution in [1.29, 1.82) is 0 Å². The van der Waals surface area contributed by atoms with E-state index in [4.69, 9.17) is 4.74 Å². The van der Waals surface area contributed by atoms with Crippen LogP contribution in [0, 0.1) is 11.8 Å². The fraction of sp³-hybridized carbons (Fsp3) is 1.00. The Hall–Kier alpha value is -0.0800. The third kappa shape index (κ3) is 1.38. The van der Waals surface area contributed by atoms with E-state index in [1.54, 1.807) is 0 Å². The Morgan fingerprint density at radius 1 is 1.25 bits per heavy atom. The zero-order chi connectivity index (χ0) is 8.55. The molecule has 2 heteroatoms. The van der Waals surface area contributed by atoms with Gasteiger partial charge in [0.25, 0.3) is 0 Å². The molecule has 1 saturated heterocycles. The number of likely N-dealkylation sites (tertiary alicyclic amines) is 1. The Bertz CT molecular complexity index is 154. The summed E-state index contributed by atoms with van der Waals surface area (Å²) < 4.78 is 5.53. The molecule has 1 heterocycles. The molecule has 0 amide bonds. The molecular weight excluding hydrogens is 150 g/mol. The standard InChI is InChI=1S/C10H19NO/c1-11-6-8-4-3-5-10(12-2)9(8)7-11/h8-10H,3-7H2,1-2H3. The zero-order valence-electron chi connectivity index (χ0n) is 8.12. The van der Waals surface area contributed by atoms with E-state index in [0.717, 1.165) is 11.8 Å². The molecule has 0 aromatic carbocycles. The first kappa shape index (κ1) is 8.52. The summed E-state index contributed by atoms with van der Waals surface area (Å²) in [6.07, 6.45) is 4.63. The summed E-state index contributed by atoms with van der Waals surface area (Å²) in [5.41, 5.74) is 0. The van der Waals surface area contributed by atoms with Gasteiger partial charge in [-0.25, -0.2) is 0 Å². The Labute approximate surface area is 74.9 Å². The van der Waals surface area contributed by atoms with Crippen molar-refractivity contribution in [2.24, 2.45) is 11.8 Å². The third-order valence-electron chi connectivity index (χ3n) is 3.52. The predicted molar refractivity (Wildman–Crippen MR) is 49.1 cm³/mol. The van der Waals surface area contributed by atoms with Gasteiger partial charge in [-0.3, -0.25) is 0 Å². The molecular formula is C10H19NO. The molecule has 12 heavy (non-hydrogen) atoms. The monoisotopic (exact) mass is 169 g/mol. The van der Waals surface area contributed by atoms with Crippen molar-refractivity contribution in [3.63, 3.8) is 0 Å². The molecule has 70 valence electrons. The fourth-order valence-corrected chi connectivity index (χ4v) is 2.93. The fourth-order valence-electron chi connectivity index (χ4n) is 2.93. The summed E-state index contributed by atoms with van der Waals surface area (Å²) in [5.74, 6) is 1.75. The Kier molecular flexibility index (Phi) is 2.37. The van der Waals surface area contributed by atoms with Crippen LogP contribution in [0.3, 0.4) is 0 Å². The summed E-state index contributed by atoms with van der Waals surface area (Å²) in [5, 5.41) is 0. The highest BCUT2D eigenvalue weighted by molar-refractivity contribution is 4.90. The van der Waals surface area contributed by atoms with E-state index in [9.17, 15) is 0 Å². The van der Waals surface area contributed by atoms with Gasteiger partial charge in [0.15, 0.2) is 0 Å². The average molecular weight is 169 g/mol. The lowest BCUT2D eigenvalue weighted by molar-refractivity contribution is 0.0128. The molecule has 2 nitrogen and oxygen atoms in total. The summed E-state index contributed by atoms with van der Waals surface area (Å²) in [6, 6.07) is 0. The minimum atomic E-state index is 0.550. The molecule has 3 unspecified atom stereocenters. The molecule has 1 aliphatic carbocycles. The minimum absolute atomic E-state index is 0.550. The van der Waals surface area contributed by atoms with Crippen molar-refractivity contribution in [2.45, 2.75) is 25.4 Å². The number of nitrogens with zero attached hydrogens (tertiary/aromatic N) is 1. The molecule has 2 fully saturated rings. The SMILES string of the molecule is COC1CCCC2CN(C)CC21. The molecule has 2 aliphatic rings. The highest BCUT2D eigenvalue weighted by atomic mass is 16.5. The number of fused-ring (bicyclic) bond motifs is 1. The summed E-state index contributed by atoms with van der Waals surface area (Å²) >= 11 is 0. The van der Waals surface area contributed by atoms with E-state index < -0.39 is 0 Å². The molecule has 0 spiro atoms. The van der Waals surface area contributed by atoms with Crippen molar-refractivity contribution in [2.75, 3.05) is 27.2 Å². The van der Waals surface area contributed by atoms with E-state index in [-0.39, 0.29) is 0 Å². The lowest BCUT2D eigenvalue weighted by Gasteiger charge is -2.31. The highest BCUT2D eigenvalue weighted by Crippen LogP contribution is 2.36. The van der Waals surface area contributed by atoms with E-state index in [0.29, 0.717) is 6.10 Å². The number of ether oxygens (including phenoxy) is 1. The van der Waals surface area contributed by atoms with E-state index in [2.05, 4.69) is 11.9 Å². The molecule has 1 aliphatic heterocycles. The lowest BCUT2D eigenvalue weighted by Crippen LogP contribution is -2.32. The smallest absolute Gasteiger partial charge is 0.0614 e. The van der Waals surface area contributed by atoms with Crippen molar-refractivity contribution in [3.8, 4) is 0 Å². The average Bonchev–Trinajstić information content (AvgIpc) is 2.44. The molecule has 0 aromatic heterocycles. The van der Waals surface area contributed by atoms with Crippen LogP contribution in [-0.2, 0) is 4.74 Å². The van der Waals surface area contributed by atoms with E-state index in [1.165, 1.54) is 32.4 Å². The second kappa shape index (κ2) is 3.35. The maximum Gasteiger partial charge on any atom is 0.0614 e. The maximum atomic E-state index is 5.53. The van der Waals surface area contributed by atoms with Crippen LogP contribution in [0.4, 0.5) is 0 Å². The molecule has 0 bridgehead atoms. The second-order valence-electron chi connectivity index (χ2n) is 4.35. The Morgan fingerprint density at radius 2 is 2.08 bits per heavy atom. The Morgan fingerprint density at radius 3 is 2.83 bits per heavy atom. The topological polar surface area (TPSA) is 12.5 Å². The van der Waals surface area contributed by atoms with Gasteiger partial charge in [0, 0.05) is 26.1 Å². The van der Waals surface area contributed by atoms with Crippen LogP contribution < -0.4 is 0 Å². The van der Waals surface area contributed by atoms with Gasteiger partial charge < -0.3 is 9.64 Å². The summed E-state index contributed by atoms with van der Waals surface area (Å²) in [6.45, 7) is 2.55. The molecule has 0 aromatic rings. The van der Waals surface area contributed by atoms with Crippen LogP contribution in [-0.4, -0.2) is 38.3 Å². The van der Waals surface area contributed by atoms with Crippen LogP contribution in [0.2, 0.25) is 0 Å². The van der Waals surface area contributed by atoms with Crippen LogP contribution in [0.1, 0.15) is 19.3 Å². The van der Waals surface area contributed by atoms with Gasteiger partial charge in [-0.2, -0.15) is 0 Å². The van der Waals surface area contributed by atoms with Crippen molar-refractivity contribution in [1.82, 2.24) is 4.90 Å². The van der Waals surface area contributed by atoms with Gasteiger partial charge in [-0.15, -0.1) is 0 Å². The number of hydrogen-bond acceptors (Lipinski definition) is 2. The third-order valence-corrected chi connectivity index (χ3v) is 3.52. The first-order valence-corrected chi connectivity index (χ1v) is 5.02. The van der Waals surface area contributed by atoms with E-state index in [1.807, 2.05) is 7.11 Å². The molecule has 0 radical (unpaired) electrons. The van der Waals surface area contributed by atoms with Gasteiger partial charge in [0.05, 0.1) is 6.10 Å². The number of methoxy groups -OCH3 is 1. The zero-order valence-corrected chi connectivity index (χ0v) is 8.12. The molecule has 0 N–H and O–H groups in total. The van der Waals surface area contributed by atoms with Crippen LogP contribution in [0.25, 0.3) is 0 Å². The van der Waals surface area contributed by atoms with Crippen LogP contribution in [0.15, 0.2) is 0 Å². The lowest BCUT2D eigenvalue weighted by atomic mass is 9.79. The minimum Gasteiger partial charge on any atom is -0.381 e. The largest absolute Gasteiger partial charge is 0.381 e. The van der Waals surface area contributed by atoms with Crippen molar-refractivity contribution in [3.05, 3.63) is 0 Å². The van der Waals surface area contributed by atoms with Gasteiger partial charge in [-0.05, 0) is 25.8 Å². The molecule has 3 atom stereocenters. The number of hydrogen-bond donors (Lipinski definition) is 0. The summed E-state index contributed by atoms with van der Waals surface area (Å²) in [7, 11) is 4.09. The summed E-state index contributed by atoms with van der Waals surface area (Å²) in [4.78, 5) is 2.45. The van der Waals surface area contributed by atoms with Gasteiger partial charge >= 0.3 is 0 Å². The molecule has 2 rings (SSSR count). The normalized spacial score (nSPS) is 43.0.